The van der Waals surface area contributed by atoms with Crippen molar-refractivity contribution in [2.75, 3.05) is 6.61 Å². The van der Waals surface area contributed by atoms with E-state index in [1.165, 1.54) is 5.56 Å². The SMILES string of the molecule is CC(C)c1ccccc1.CCOC=O. The smallest absolute Gasteiger partial charge is 0.293 e. The molecule has 0 heterocycles. The van der Waals surface area contributed by atoms with Crippen molar-refractivity contribution in [1.82, 2.24) is 0 Å². The van der Waals surface area contributed by atoms with Crippen LogP contribution in [0.4, 0.5) is 0 Å². The zero-order valence-electron chi connectivity index (χ0n) is 9.07. The zero-order chi connectivity index (χ0) is 10.8. The van der Waals surface area contributed by atoms with Crippen molar-refractivity contribution in [2.24, 2.45) is 0 Å². The Morgan fingerprint density at radius 1 is 1.29 bits per heavy atom. The predicted octanol–water partition coefficient (Wildman–Crippen LogP) is 2.99. The third kappa shape index (κ3) is 6.23. The van der Waals surface area contributed by atoms with Gasteiger partial charge in [0, 0.05) is 0 Å². The first-order valence-corrected chi connectivity index (χ1v) is 4.82. The van der Waals surface area contributed by atoms with Gasteiger partial charge in [-0.3, -0.25) is 4.79 Å². The lowest BCUT2D eigenvalue weighted by Gasteiger charge is -2.01. The molecule has 0 aliphatic carbocycles. The first-order chi connectivity index (χ1) is 6.72. The average molecular weight is 194 g/mol. The standard InChI is InChI=1S/C9H12.C3H6O2/c1-8(2)9-6-4-3-5-7-9;1-2-5-3-4/h3-8H,1-2H3;3H,2H2,1H3. The van der Waals surface area contributed by atoms with Gasteiger partial charge in [0.15, 0.2) is 0 Å². The number of hydrogen-bond donors (Lipinski definition) is 0. The normalized spacial score (nSPS) is 8.86. The summed E-state index contributed by atoms with van der Waals surface area (Å²) < 4.78 is 4.15. The van der Waals surface area contributed by atoms with Crippen molar-refractivity contribution in [3.05, 3.63) is 35.9 Å². The summed E-state index contributed by atoms with van der Waals surface area (Å²) in [4.78, 5) is 9.18. The van der Waals surface area contributed by atoms with E-state index in [0.29, 0.717) is 19.0 Å². The maximum atomic E-state index is 9.18. The van der Waals surface area contributed by atoms with E-state index in [9.17, 15) is 4.79 Å². The predicted molar refractivity (Wildman–Crippen MR) is 58.2 cm³/mol. The fourth-order valence-corrected chi connectivity index (χ4v) is 0.906. The van der Waals surface area contributed by atoms with E-state index in [2.05, 4.69) is 42.8 Å². The van der Waals surface area contributed by atoms with Gasteiger partial charge < -0.3 is 4.74 Å². The Morgan fingerprint density at radius 3 is 2.07 bits per heavy atom. The molecule has 0 aromatic heterocycles. The summed E-state index contributed by atoms with van der Waals surface area (Å²) in [6, 6.07) is 10.5. The highest BCUT2D eigenvalue weighted by Crippen LogP contribution is 2.11. The van der Waals surface area contributed by atoms with Crippen LogP contribution in [0.3, 0.4) is 0 Å². The molecule has 2 nitrogen and oxygen atoms in total. The molecule has 0 spiro atoms. The summed E-state index contributed by atoms with van der Waals surface area (Å²) in [5.74, 6) is 0.659. The molecule has 0 aliphatic rings. The molecule has 0 unspecified atom stereocenters. The van der Waals surface area contributed by atoms with E-state index in [4.69, 9.17) is 0 Å². The molecule has 0 atom stereocenters. The molecule has 0 fully saturated rings. The van der Waals surface area contributed by atoms with Gasteiger partial charge in [0.25, 0.3) is 6.47 Å². The molecule has 2 heteroatoms. The van der Waals surface area contributed by atoms with Crippen LogP contribution in [0, 0.1) is 0 Å². The van der Waals surface area contributed by atoms with Crippen molar-refractivity contribution >= 4 is 6.47 Å². The number of benzene rings is 1. The Kier molecular flexibility index (Phi) is 7.52. The fourth-order valence-electron chi connectivity index (χ4n) is 0.906. The summed E-state index contributed by atoms with van der Waals surface area (Å²) in [6.07, 6.45) is 0. The van der Waals surface area contributed by atoms with Gasteiger partial charge in [-0.25, -0.2) is 0 Å². The van der Waals surface area contributed by atoms with Gasteiger partial charge in [0.05, 0.1) is 6.61 Å². The zero-order valence-corrected chi connectivity index (χ0v) is 9.07. The topological polar surface area (TPSA) is 26.3 Å². The van der Waals surface area contributed by atoms with Crippen LogP contribution in [0.2, 0.25) is 0 Å². The van der Waals surface area contributed by atoms with Crippen molar-refractivity contribution in [3.8, 4) is 0 Å². The van der Waals surface area contributed by atoms with Gasteiger partial charge in [-0.05, 0) is 18.4 Å². The molecule has 0 amide bonds. The minimum atomic E-state index is 0.431. The Balaban J connectivity index is 0.000000292. The molecule has 0 bridgehead atoms. The quantitative estimate of drug-likeness (QED) is 0.691. The van der Waals surface area contributed by atoms with Crippen LogP contribution < -0.4 is 0 Å². The van der Waals surface area contributed by atoms with Crippen LogP contribution in [0.15, 0.2) is 30.3 Å². The highest BCUT2D eigenvalue weighted by molar-refractivity contribution is 5.36. The van der Waals surface area contributed by atoms with E-state index < -0.39 is 0 Å². The van der Waals surface area contributed by atoms with E-state index in [1.807, 2.05) is 6.07 Å². The molecule has 14 heavy (non-hydrogen) atoms. The maximum Gasteiger partial charge on any atom is 0.293 e. The van der Waals surface area contributed by atoms with E-state index in [0.717, 1.165) is 0 Å². The van der Waals surface area contributed by atoms with Gasteiger partial charge >= 0.3 is 0 Å². The summed E-state index contributed by atoms with van der Waals surface area (Å²) in [6.45, 7) is 7.07. The van der Waals surface area contributed by atoms with Crippen molar-refractivity contribution in [3.63, 3.8) is 0 Å². The summed E-state index contributed by atoms with van der Waals surface area (Å²) in [5, 5.41) is 0. The van der Waals surface area contributed by atoms with E-state index in [1.54, 1.807) is 6.92 Å². The molecule has 1 rings (SSSR count). The molecular weight excluding hydrogens is 176 g/mol. The summed E-state index contributed by atoms with van der Waals surface area (Å²) >= 11 is 0. The first-order valence-electron chi connectivity index (χ1n) is 4.82. The molecule has 0 saturated heterocycles. The van der Waals surface area contributed by atoms with Crippen LogP contribution in [0.25, 0.3) is 0 Å². The molecule has 1 aromatic carbocycles. The largest absolute Gasteiger partial charge is 0.468 e. The molecule has 0 N–H and O–H groups in total. The Hall–Kier alpha value is -1.31. The Morgan fingerprint density at radius 2 is 1.86 bits per heavy atom. The second kappa shape index (κ2) is 8.30. The number of ether oxygens (including phenoxy) is 1. The number of rotatable bonds is 3. The van der Waals surface area contributed by atoms with Crippen molar-refractivity contribution in [2.45, 2.75) is 26.7 Å². The van der Waals surface area contributed by atoms with Gasteiger partial charge in [-0.2, -0.15) is 0 Å². The molecule has 0 aliphatic heterocycles. The summed E-state index contributed by atoms with van der Waals surface area (Å²) in [7, 11) is 0. The minimum absolute atomic E-state index is 0.431. The van der Waals surface area contributed by atoms with E-state index in [-0.39, 0.29) is 0 Å². The van der Waals surface area contributed by atoms with Crippen LogP contribution in [-0.2, 0) is 9.53 Å². The van der Waals surface area contributed by atoms with Crippen molar-refractivity contribution < 1.29 is 9.53 Å². The maximum absolute atomic E-state index is 9.18. The first kappa shape index (κ1) is 12.7. The second-order valence-corrected chi connectivity index (χ2v) is 3.12. The van der Waals surface area contributed by atoms with Gasteiger partial charge in [0.1, 0.15) is 0 Å². The second-order valence-electron chi connectivity index (χ2n) is 3.12. The third-order valence-corrected chi connectivity index (χ3v) is 1.70. The fraction of sp³-hybridized carbons (Fsp3) is 0.417. The Bertz CT molecular complexity index is 229. The van der Waals surface area contributed by atoms with Crippen molar-refractivity contribution in [1.29, 1.82) is 0 Å². The number of carbonyl (C=O) groups is 1. The lowest BCUT2D eigenvalue weighted by Crippen LogP contribution is -1.83. The lowest BCUT2D eigenvalue weighted by molar-refractivity contribution is -0.128. The van der Waals surface area contributed by atoms with Crippen LogP contribution in [-0.4, -0.2) is 13.1 Å². The highest BCUT2D eigenvalue weighted by atomic mass is 16.5. The molecule has 0 saturated carbocycles. The van der Waals surface area contributed by atoms with Crippen LogP contribution >= 0.6 is 0 Å². The molecule has 1 aromatic rings. The van der Waals surface area contributed by atoms with E-state index >= 15 is 0 Å². The molecule has 0 radical (unpaired) electrons. The number of hydrogen-bond acceptors (Lipinski definition) is 2. The minimum Gasteiger partial charge on any atom is -0.468 e. The third-order valence-electron chi connectivity index (χ3n) is 1.70. The van der Waals surface area contributed by atoms with Crippen LogP contribution in [0.5, 0.6) is 0 Å². The summed E-state index contributed by atoms with van der Waals surface area (Å²) in [5.41, 5.74) is 1.41. The van der Waals surface area contributed by atoms with Gasteiger partial charge in [0.2, 0.25) is 0 Å². The average Bonchev–Trinajstić information content (AvgIpc) is 2.21. The Labute approximate surface area is 85.9 Å². The highest BCUT2D eigenvalue weighted by Gasteiger charge is 1.93. The van der Waals surface area contributed by atoms with Gasteiger partial charge in [-0.1, -0.05) is 44.2 Å². The molecular formula is C12H18O2. The monoisotopic (exact) mass is 194 g/mol. The lowest BCUT2D eigenvalue weighted by atomic mass is 10.0. The van der Waals surface area contributed by atoms with Crippen LogP contribution in [0.1, 0.15) is 32.3 Å². The molecule has 78 valence electrons. The van der Waals surface area contributed by atoms with Gasteiger partial charge in [-0.15, -0.1) is 0 Å². The number of carbonyl (C=O) groups excluding carboxylic acids is 1.